The first-order valence-electron chi connectivity index (χ1n) is 9.17. The van der Waals surface area contributed by atoms with Gasteiger partial charge in [0.2, 0.25) is 5.91 Å². The lowest BCUT2D eigenvalue weighted by molar-refractivity contribution is -0.121. The van der Waals surface area contributed by atoms with Gasteiger partial charge in [0, 0.05) is 25.3 Å². The van der Waals surface area contributed by atoms with Crippen LogP contribution in [0, 0.1) is 5.92 Å². The molecule has 5 nitrogen and oxygen atoms in total. The first kappa shape index (κ1) is 19.2. The lowest BCUT2D eigenvalue weighted by Gasteiger charge is -2.34. The molecule has 1 atom stereocenters. The van der Waals surface area contributed by atoms with Crippen LogP contribution < -0.4 is 15.4 Å². The van der Waals surface area contributed by atoms with E-state index in [2.05, 4.69) is 15.5 Å². The lowest BCUT2D eigenvalue weighted by atomic mass is 9.97. The van der Waals surface area contributed by atoms with Crippen LogP contribution in [0.4, 0.5) is 5.69 Å². The Morgan fingerprint density at radius 3 is 2.63 bits per heavy atom. The molecular weight excluding hydrogens is 358 g/mol. The number of ether oxygens (including phenoxy) is 1. The number of likely N-dealkylation sites (tertiary alicyclic amines) is 1. The number of hydrogen-bond acceptors (Lipinski definition) is 3. The zero-order chi connectivity index (χ0) is 19.1. The van der Waals surface area contributed by atoms with Crippen LogP contribution in [0.2, 0.25) is 0 Å². The fourth-order valence-electron chi connectivity index (χ4n) is 3.17. The molecule has 2 N–H and O–H groups in total. The van der Waals surface area contributed by atoms with Crippen molar-refractivity contribution in [3.8, 4) is 5.75 Å². The Kier molecular flexibility index (Phi) is 6.65. The average Bonchev–Trinajstić information content (AvgIpc) is 2.73. The van der Waals surface area contributed by atoms with Gasteiger partial charge in [-0.2, -0.15) is 0 Å². The Labute approximate surface area is 165 Å². The number of carbonyl (C=O) groups is 1. The number of thiocarbonyl (C=S) groups is 1. The van der Waals surface area contributed by atoms with Gasteiger partial charge >= 0.3 is 0 Å². The number of para-hydroxylation sites is 1. The maximum atomic E-state index is 12.6. The van der Waals surface area contributed by atoms with Gasteiger partial charge in [-0.3, -0.25) is 4.79 Å². The van der Waals surface area contributed by atoms with Crippen molar-refractivity contribution in [3.63, 3.8) is 0 Å². The molecule has 0 aromatic heterocycles. The van der Waals surface area contributed by atoms with Crippen molar-refractivity contribution in [2.45, 2.75) is 19.4 Å². The fourth-order valence-corrected chi connectivity index (χ4v) is 3.41. The molecule has 2 aromatic carbocycles. The van der Waals surface area contributed by atoms with Crippen LogP contribution in [-0.2, 0) is 11.3 Å². The smallest absolute Gasteiger partial charge is 0.229 e. The molecule has 1 aliphatic rings. The zero-order valence-electron chi connectivity index (χ0n) is 15.5. The van der Waals surface area contributed by atoms with Gasteiger partial charge in [-0.25, -0.2) is 0 Å². The molecule has 0 bridgehead atoms. The van der Waals surface area contributed by atoms with Gasteiger partial charge in [0.25, 0.3) is 0 Å². The first-order chi connectivity index (χ1) is 13.2. The zero-order valence-corrected chi connectivity index (χ0v) is 16.3. The first-order valence-corrected chi connectivity index (χ1v) is 9.58. The van der Waals surface area contributed by atoms with E-state index in [1.165, 1.54) is 0 Å². The van der Waals surface area contributed by atoms with Crippen LogP contribution in [0.25, 0.3) is 0 Å². The van der Waals surface area contributed by atoms with Gasteiger partial charge in [-0.15, -0.1) is 0 Å². The minimum absolute atomic E-state index is 0.0558. The van der Waals surface area contributed by atoms with E-state index in [0.717, 1.165) is 36.4 Å². The summed E-state index contributed by atoms with van der Waals surface area (Å²) in [5.41, 5.74) is 1.97. The molecule has 0 spiro atoms. The summed E-state index contributed by atoms with van der Waals surface area (Å²) in [4.78, 5) is 14.7. The van der Waals surface area contributed by atoms with Gasteiger partial charge in [0.15, 0.2) is 5.11 Å². The van der Waals surface area contributed by atoms with E-state index in [4.69, 9.17) is 17.0 Å². The summed E-state index contributed by atoms with van der Waals surface area (Å²) in [7, 11) is 1.66. The van der Waals surface area contributed by atoms with E-state index in [1.54, 1.807) is 7.11 Å². The summed E-state index contributed by atoms with van der Waals surface area (Å²) in [6.07, 6.45) is 1.84. The second kappa shape index (κ2) is 9.37. The van der Waals surface area contributed by atoms with Gasteiger partial charge < -0.3 is 20.3 Å². The number of nitrogens with zero attached hydrogens (tertiary/aromatic N) is 1. The van der Waals surface area contributed by atoms with Gasteiger partial charge in [-0.05, 0) is 54.9 Å². The van der Waals surface area contributed by atoms with Crippen molar-refractivity contribution in [2.24, 2.45) is 5.92 Å². The maximum Gasteiger partial charge on any atom is 0.229 e. The highest BCUT2D eigenvalue weighted by molar-refractivity contribution is 7.80. The molecule has 0 aliphatic carbocycles. The molecule has 1 unspecified atom stereocenters. The summed E-state index contributed by atoms with van der Waals surface area (Å²) in [5, 5.41) is 7.00. The summed E-state index contributed by atoms with van der Waals surface area (Å²) < 4.78 is 5.17. The standard InChI is InChI=1S/C21H25N3O2S/c1-26-19-11-9-16(10-12-19)14-22-21(27)24-13-5-6-17(15-24)20(25)23-18-7-3-2-4-8-18/h2-4,7-12,17H,5-6,13-15H2,1H3,(H,22,27)(H,23,25). The lowest BCUT2D eigenvalue weighted by Crippen LogP contribution is -2.47. The molecule has 6 heteroatoms. The van der Waals surface area contributed by atoms with E-state index in [0.29, 0.717) is 18.2 Å². The van der Waals surface area contributed by atoms with Crippen molar-refractivity contribution in [3.05, 3.63) is 60.2 Å². The molecule has 1 fully saturated rings. The Balaban J connectivity index is 1.50. The van der Waals surface area contributed by atoms with E-state index in [1.807, 2.05) is 54.6 Å². The maximum absolute atomic E-state index is 12.6. The summed E-state index contributed by atoms with van der Waals surface area (Å²) >= 11 is 5.55. The second-order valence-corrected chi connectivity index (χ2v) is 7.03. The molecule has 27 heavy (non-hydrogen) atoms. The SMILES string of the molecule is COc1ccc(CNC(=S)N2CCCC(C(=O)Nc3ccccc3)C2)cc1. The molecule has 1 heterocycles. The highest BCUT2D eigenvalue weighted by atomic mass is 32.1. The Hall–Kier alpha value is -2.60. The fraction of sp³-hybridized carbons (Fsp3) is 0.333. The Bertz CT molecular complexity index is 765. The molecule has 1 aliphatic heterocycles. The summed E-state index contributed by atoms with van der Waals surface area (Å²) in [6, 6.07) is 17.5. The average molecular weight is 384 g/mol. The van der Waals surface area contributed by atoms with Gasteiger partial charge in [0.05, 0.1) is 13.0 Å². The van der Waals surface area contributed by atoms with Crippen LogP contribution >= 0.6 is 12.2 Å². The van der Waals surface area contributed by atoms with E-state index < -0.39 is 0 Å². The van der Waals surface area contributed by atoms with Crippen LogP contribution in [0.1, 0.15) is 18.4 Å². The number of amides is 1. The number of rotatable bonds is 5. The van der Waals surface area contributed by atoms with Crippen LogP contribution in [0.3, 0.4) is 0 Å². The minimum Gasteiger partial charge on any atom is -0.497 e. The van der Waals surface area contributed by atoms with Crippen LogP contribution in [-0.4, -0.2) is 36.1 Å². The normalized spacial score (nSPS) is 16.5. The van der Waals surface area contributed by atoms with Crippen molar-refractivity contribution in [1.29, 1.82) is 0 Å². The number of carbonyl (C=O) groups excluding carboxylic acids is 1. The molecule has 3 rings (SSSR count). The van der Waals surface area contributed by atoms with Crippen molar-refractivity contribution >= 4 is 28.9 Å². The second-order valence-electron chi connectivity index (χ2n) is 6.65. The van der Waals surface area contributed by atoms with Crippen molar-refractivity contribution < 1.29 is 9.53 Å². The molecule has 1 saturated heterocycles. The van der Waals surface area contributed by atoms with Gasteiger partial charge in [-0.1, -0.05) is 30.3 Å². The largest absolute Gasteiger partial charge is 0.497 e. The number of methoxy groups -OCH3 is 1. The number of nitrogens with one attached hydrogen (secondary N) is 2. The Morgan fingerprint density at radius 2 is 1.93 bits per heavy atom. The number of anilines is 1. The predicted octanol–water partition coefficient (Wildman–Crippen LogP) is 3.42. The van der Waals surface area contributed by atoms with E-state index in [-0.39, 0.29) is 11.8 Å². The minimum atomic E-state index is -0.0558. The van der Waals surface area contributed by atoms with E-state index >= 15 is 0 Å². The molecular formula is C21H25N3O2S. The van der Waals surface area contributed by atoms with Crippen molar-refractivity contribution in [1.82, 2.24) is 10.2 Å². The van der Waals surface area contributed by atoms with E-state index in [9.17, 15) is 4.79 Å². The summed E-state index contributed by atoms with van der Waals surface area (Å²) in [6.45, 7) is 2.18. The molecule has 2 aromatic rings. The van der Waals surface area contributed by atoms with Crippen molar-refractivity contribution in [2.75, 3.05) is 25.5 Å². The number of hydrogen-bond donors (Lipinski definition) is 2. The molecule has 1 amide bonds. The molecule has 142 valence electrons. The monoisotopic (exact) mass is 383 g/mol. The third-order valence-corrected chi connectivity index (χ3v) is 5.13. The topological polar surface area (TPSA) is 53.6 Å². The van der Waals surface area contributed by atoms with Crippen LogP contribution in [0.15, 0.2) is 54.6 Å². The van der Waals surface area contributed by atoms with Crippen LogP contribution in [0.5, 0.6) is 5.75 Å². The number of benzene rings is 2. The molecule has 0 saturated carbocycles. The number of piperidine rings is 1. The van der Waals surface area contributed by atoms with Gasteiger partial charge in [0.1, 0.15) is 5.75 Å². The third-order valence-electron chi connectivity index (χ3n) is 4.72. The summed E-state index contributed by atoms with van der Waals surface area (Å²) in [5.74, 6) is 0.841. The quantitative estimate of drug-likeness (QED) is 0.775. The highest BCUT2D eigenvalue weighted by Gasteiger charge is 2.27. The predicted molar refractivity (Wildman–Crippen MR) is 112 cm³/mol. The highest BCUT2D eigenvalue weighted by Crippen LogP contribution is 2.19. The molecule has 0 radical (unpaired) electrons. The Morgan fingerprint density at radius 1 is 1.19 bits per heavy atom. The third kappa shape index (κ3) is 5.44.